The predicted octanol–water partition coefficient (Wildman–Crippen LogP) is -3.03. The van der Waals surface area contributed by atoms with Crippen LogP contribution in [0.4, 0.5) is 0 Å². The molecule has 1 saturated heterocycles. The van der Waals surface area contributed by atoms with Crippen LogP contribution in [0.2, 0.25) is 0 Å². The Kier molecular flexibility index (Phi) is 4.52. The van der Waals surface area contributed by atoms with Gasteiger partial charge in [0.15, 0.2) is 12.1 Å². The average molecular weight is 245 g/mol. The summed E-state index contributed by atoms with van der Waals surface area (Å²) in [6, 6.07) is 0. The number of amidine groups is 2. The highest BCUT2D eigenvalue weighted by Crippen LogP contribution is 2.19. The number of hydrogen-bond donors (Lipinski definition) is 6. The molecule has 1 fully saturated rings. The summed E-state index contributed by atoms with van der Waals surface area (Å²) in [4.78, 5) is 3.37. The van der Waals surface area contributed by atoms with Crippen molar-refractivity contribution in [3.63, 3.8) is 0 Å². The van der Waals surface area contributed by atoms with Crippen molar-refractivity contribution in [1.82, 2.24) is 5.43 Å². The molecule has 0 spiro atoms. The van der Waals surface area contributed by atoms with Crippen molar-refractivity contribution in [1.29, 1.82) is 5.41 Å². The summed E-state index contributed by atoms with van der Waals surface area (Å²) < 4.78 is 5.07. The van der Waals surface area contributed by atoms with Gasteiger partial charge >= 0.3 is 0 Å². The third-order valence-electron chi connectivity index (χ3n) is 2.23. The smallest absolute Gasteiger partial charge is 0.213 e. The van der Waals surface area contributed by atoms with Gasteiger partial charge in [0.05, 0.1) is 6.61 Å². The van der Waals surface area contributed by atoms with Crippen LogP contribution < -0.4 is 11.2 Å². The minimum Gasteiger partial charge on any atom is -0.394 e. The Balaban J connectivity index is 2.64. The largest absolute Gasteiger partial charge is 0.394 e. The SMILES string of the molecule is C=N/C(=N\NC1OC(CO)C(O)C1O)C(=N)N. The molecule has 0 aromatic rings. The maximum Gasteiger partial charge on any atom is 0.213 e. The summed E-state index contributed by atoms with van der Waals surface area (Å²) in [6.45, 7) is 2.73. The Morgan fingerprint density at radius 2 is 2.12 bits per heavy atom. The molecule has 17 heavy (non-hydrogen) atoms. The van der Waals surface area contributed by atoms with Crippen LogP contribution in [0.25, 0.3) is 0 Å². The molecule has 0 amide bonds. The molecule has 0 aromatic carbocycles. The molecular weight excluding hydrogens is 230 g/mol. The van der Waals surface area contributed by atoms with Gasteiger partial charge in [-0.25, -0.2) is 4.99 Å². The lowest BCUT2D eigenvalue weighted by Crippen LogP contribution is -2.39. The number of hydrazone groups is 1. The van der Waals surface area contributed by atoms with Gasteiger partial charge in [0, 0.05) is 0 Å². The van der Waals surface area contributed by atoms with Gasteiger partial charge in [-0.15, -0.1) is 0 Å². The third kappa shape index (κ3) is 2.97. The van der Waals surface area contributed by atoms with Crippen molar-refractivity contribution in [3.05, 3.63) is 0 Å². The van der Waals surface area contributed by atoms with Gasteiger partial charge in [-0.3, -0.25) is 10.8 Å². The number of nitrogens with two attached hydrogens (primary N) is 1. The Morgan fingerprint density at radius 3 is 2.53 bits per heavy atom. The molecule has 0 saturated carbocycles. The molecule has 9 nitrogen and oxygen atoms in total. The van der Waals surface area contributed by atoms with Crippen LogP contribution >= 0.6 is 0 Å². The quantitative estimate of drug-likeness (QED) is 0.176. The Hall–Kier alpha value is -1.55. The van der Waals surface area contributed by atoms with Crippen molar-refractivity contribution in [2.45, 2.75) is 24.5 Å². The van der Waals surface area contributed by atoms with Crippen LogP contribution in [-0.2, 0) is 4.74 Å². The van der Waals surface area contributed by atoms with E-state index >= 15 is 0 Å². The maximum absolute atomic E-state index is 9.53. The minimum atomic E-state index is -1.26. The molecule has 4 unspecified atom stereocenters. The zero-order chi connectivity index (χ0) is 13.0. The monoisotopic (exact) mass is 245 g/mol. The molecule has 1 aliphatic heterocycles. The number of aliphatic hydroxyl groups excluding tert-OH is 3. The molecule has 7 N–H and O–H groups in total. The summed E-state index contributed by atoms with van der Waals surface area (Å²) in [7, 11) is 0. The van der Waals surface area contributed by atoms with Gasteiger partial charge in [-0.1, -0.05) is 0 Å². The van der Waals surface area contributed by atoms with E-state index in [0.717, 1.165) is 0 Å². The molecule has 0 bridgehead atoms. The number of aliphatic hydroxyl groups is 3. The van der Waals surface area contributed by atoms with E-state index in [1.54, 1.807) is 0 Å². The van der Waals surface area contributed by atoms with Crippen molar-refractivity contribution in [2.24, 2.45) is 15.8 Å². The molecule has 1 aliphatic rings. The van der Waals surface area contributed by atoms with Crippen LogP contribution in [0.5, 0.6) is 0 Å². The first-order valence-corrected chi connectivity index (χ1v) is 4.78. The summed E-state index contributed by atoms with van der Waals surface area (Å²) in [6.07, 6.45) is -4.38. The van der Waals surface area contributed by atoms with E-state index in [4.69, 9.17) is 21.0 Å². The maximum atomic E-state index is 9.53. The van der Waals surface area contributed by atoms with E-state index in [-0.39, 0.29) is 5.84 Å². The Labute approximate surface area is 97.1 Å². The highest BCUT2D eigenvalue weighted by molar-refractivity contribution is 6.39. The topological polar surface area (TPSA) is 157 Å². The molecular formula is C8H15N5O4. The number of nitrogens with zero attached hydrogens (tertiary/aromatic N) is 2. The summed E-state index contributed by atoms with van der Waals surface area (Å²) in [5.74, 6) is -0.568. The normalized spacial score (nSPS) is 33.5. The van der Waals surface area contributed by atoms with Gasteiger partial charge in [-0.2, -0.15) is 5.10 Å². The van der Waals surface area contributed by atoms with E-state index < -0.39 is 37.0 Å². The fourth-order valence-corrected chi connectivity index (χ4v) is 1.31. The molecule has 0 aromatic heterocycles. The Bertz CT molecular complexity index is 334. The van der Waals surface area contributed by atoms with Crippen molar-refractivity contribution in [3.8, 4) is 0 Å². The lowest BCUT2D eigenvalue weighted by Gasteiger charge is -2.13. The standard InChI is InChI=1S/C8H15N5O4/c1-11-7(6(9)10)12-13-8-5(16)4(15)3(2-14)17-8/h3-5,8,13-16H,1-2H2,(H3,9,10)/b12-7-. The molecule has 96 valence electrons. The van der Waals surface area contributed by atoms with Crippen LogP contribution in [0.3, 0.4) is 0 Å². The average Bonchev–Trinajstić information content (AvgIpc) is 2.57. The van der Waals surface area contributed by atoms with Gasteiger partial charge in [0.25, 0.3) is 0 Å². The zero-order valence-electron chi connectivity index (χ0n) is 8.95. The molecule has 4 atom stereocenters. The number of ether oxygens (including phenoxy) is 1. The first-order chi connectivity index (χ1) is 8.01. The van der Waals surface area contributed by atoms with Crippen LogP contribution in [-0.4, -0.2) is 64.9 Å². The van der Waals surface area contributed by atoms with E-state index in [9.17, 15) is 10.2 Å². The van der Waals surface area contributed by atoms with Crippen molar-refractivity contribution in [2.75, 3.05) is 6.61 Å². The highest BCUT2D eigenvalue weighted by atomic mass is 16.6. The molecule has 0 aliphatic carbocycles. The summed E-state index contributed by atoms with van der Waals surface area (Å²) in [5, 5.41) is 38.5. The van der Waals surface area contributed by atoms with Gasteiger partial charge in [-0.05, 0) is 6.72 Å². The molecule has 9 heteroatoms. The predicted molar refractivity (Wildman–Crippen MR) is 59.8 cm³/mol. The van der Waals surface area contributed by atoms with E-state index in [2.05, 4.69) is 22.2 Å². The molecule has 0 radical (unpaired) electrons. The number of rotatable bonds is 3. The van der Waals surface area contributed by atoms with Crippen LogP contribution in [0.1, 0.15) is 0 Å². The third-order valence-corrected chi connectivity index (χ3v) is 2.23. The fourth-order valence-electron chi connectivity index (χ4n) is 1.31. The number of nitrogens with one attached hydrogen (secondary N) is 2. The number of hydrogen-bond acceptors (Lipinski definition) is 7. The molecule has 1 rings (SSSR count). The summed E-state index contributed by atoms with van der Waals surface area (Å²) >= 11 is 0. The van der Waals surface area contributed by atoms with E-state index in [1.165, 1.54) is 0 Å². The highest BCUT2D eigenvalue weighted by Gasteiger charge is 2.42. The lowest BCUT2D eigenvalue weighted by atomic mass is 10.1. The van der Waals surface area contributed by atoms with E-state index in [1.807, 2.05) is 0 Å². The van der Waals surface area contributed by atoms with Crippen LogP contribution in [0, 0.1) is 5.41 Å². The summed E-state index contributed by atoms with van der Waals surface area (Å²) in [5.41, 5.74) is 7.48. The van der Waals surface area contributed by atoms with Crippen LogP contribution in [0.15, 0.2) is 10.1 Å². The number of aliphatic imine (C=N–C) groups is 1. The van der Waals surface area contributed by atoms with Gasteiger partial charge in [0.2, 0.25) is 5.84 Å². The first-order valence-electron chi connectivity index (χ1n) is 4.78. The second-order valence-corrected chi connectivity index (χ2v) is 3.40. The zero-order valence-corrected chi connectivity index (χ0v) is 8.95. The molecule has 1 heterocycles. The second-order valence-electron chi connectivity index (χ2n) is 3.40. The Morgan fingerprint density at radius 1 is 1.47 bits per heavy atom. The second kappa shape index (κ2) is 5.68. The first kappa shape index (κ1) is 13.5. The van der Waals surface area contributed by atoms with Gasteiger partial charge < -0.3 is 25.8 Å². The van der Waals surface area contributed by atoms with Crippen molar-refractivity contribution >= 4 is 18.4 Å². The van der Waals surface area contributed by atoms with E-state index in [0.29, 0.717) is 0 Å². The fraction of sp³-hybridized carbons (Fsp3) is 0.625. The minimum absolute atomic E-state index is 0.164. The van der Waals surface area contributed by atoms with Gasteiger partial charge in [0.1, 0.15) is 18.3 Å². The lowest BCUT2D eigenvalue weighted by molar-refractivity contribution is -0.0326. The van der Waals surface area contributed by atoms with Crippen molar-refractivity contribution < 1.29 is 20.1 Å².